The van der Waals surface area contributed by atoms with Crippen LogP contribution in [-0.2, 0) is 4.79 Å². The van der Waals surface area contributed by atoms with E-state index in [9.17, 15) is 4.79 Å². The molecular formula is C11H20O2S. The van der Waals surface area contributed by atoms with Crippen LogP contribution in [-0.4, -0.2) is 21.6 Å². The van der Waals surface area contributed by atoms with Crippen LogP contribution in [0.1, 0.15) is 51.9 Å². The normalized spacial score (nSPS) is 20.6. The Kier molecular flexibility index (Phi) is 5.38. The number of thioether (sulfide) groups is 1. The molecule has 1 fully saturated rings. The smallest absolute Gasteiger partial charge is 0.304 e. The van der Waals surface area contributed by atoms with Gasteiger partial charge in [-0.1, -0.05) is 26.2 Å². The number of rotatable bonds is 5. The van der Waals surface area contributed by atoms with Gasteiger partial charge in [0, 0.05) is 10.5 Å². The Labute approximate surface area is 90.5 Å². The van der Waals surface area contributed by atoms with Crippen LogP contribution in [0.15, 0.2) is 0 Å². The standard InChI is InChI=1S/C11H20O2S/c1-2-9(8-11(12)13)14-10-6-4-3-5-7-10/h9-10H,2-8H2,1H3,(H,12,13). The van der Waals surface area contributed by atoms with Crippen molar-refractivity contribution in [3.63, 3.8) is 0 Å². The predicted octanol–water partition coefficient (Wildman–Crippen LogP) is 3.31. The maximum atomic E-state index is 10.6. The van der Waals surface area contributed by atoms with Gasteiger partial charge in [0.05, 0.1) is 6.42 Å². The summed E-state index contributed by atoms with van der Waals surface area (Å²) in [6.45, 7) is 2.09. The minimum atomic E-state index is -0.653. The number of carboxylic acids is 1. The highest BCUT2D eigenvalue weighted by atomic mass is 32.2. The average molecular weight is 216 g/mol. The molecule has 0 saturated heterocycles. The Hall–Kier alpha value is -0.180. The van der Waals surface area contributed by atoms with Gasteiger partial charge in [0.15, 0.2) is 0 Å². The van der Waals surface area contributed by atoms with Crippen LogP contribution in [0.3, 0.4) is 0 Å². The van der Waals surface area contributed by atoms with Crippen molar-refractivity contribution < 1.29 is 9.90 Å². The fourth-order valence-electron chi connectivity index (χ4n) is 1.96. The number of aliphatic carboxylic acids is 1. The van der Waals surface area contributed by atoms with Crippen molar-refractivity contribution in [2.45, 2.75) is 62.4 Å². The SMILES string of the molecule is CCC(CC(=O)O)SC1CCCCC1. The Morgan fingerprint density at radius 3 is 2.57 bits per heavy atom. The number of carboxylic acid groups (broad SMARTS) is 1. The van der Waals surface area contributed by atoms with Gasteiger partial charge < -0.3 is 5.11 Å². The van der Waals surface area contributed by atoms with Crippen molar-refractivity contribution in [2.24, 2.45) is 0 Å². The van der Waals surface area contributed by atoms with Gasteiger partial charge in [-0.3, -0.25) is 4.79 Å². The van der Waals surface area contributed by atoms with Crippen LogP contribution in [0, 0.1) is 0 Å². The molecule has 14 heavy (non-hydrogen) atoms. The highest BCUT2D eigenvalue weighted by Crippen LogP contribution is 2.33. The summed E-state index contributed by atoms with van der Waals surface area (Å²) in [5, 5.41) is 9.79. The summed E-state index contributed by atoms with van der Waals surface area (Å²) >= 11 is 1.91. The van der Waals surface area contributed by atoms with Gasteiger partial charge in [-0.2, -0.15) is 11.8 Å². The first-order chi connectivity index (χ1) is 6.72. The first-order valence-corrected chi connectivity index (χ1v) is 6.54. The predicted molar refractivity (Wildman–Crippen MR) is 60.8 cm³/mol. The third-order valence-electron chi connectivity index (χ3n) is 2.79. The lowest BCUT2D eigenvalue weighted by atomic mass is 10.0. The summed E-state index contributed by atoms with van der Waals surface area (Å²) in [5.41, 5.74) is 0. The second kappa shape index (κ2) is 6.33. The lowest BCUT2D eigenvalue weighted by Crippen LogP contribution is -2.16. The van der Waals surface area contributed by atoms with Crippen molar-refractivity contribution >= 4 is 17.7 Å². The van der Waals surface area contributed by atoms with Crippen LogP contribution in [0.25, 0.3) is 0 Å². The van der Waals surface area contributed by atoms with E-state index in [2.05, 4.69) is 6.92 Å². The molecule has 0 heterocycles. The van der Waals surface area contributed by atoms with E-state index in [1.165, 1.54) is 32.1 Å². The van der Waals surface area contributed by atoms with Gasteiger partial charge in [0.25, 0.3) is 0 Å². The highest BCUT2D eigenvalue weighted by Gasteiger charge is 2.19. The van der Waals surface area contributed by atoms with E-state index >= 15 is 0 Å². The molecule has 2 nitrogen and oxygen atoms in total. The van der Waals surface area contributed by atoms with Gasteiger partial charge >= 0.3 is 5.97 Å². The lowest BCUT2D eigenvalue weighted by molar-refractivity contribution is -0.136. The Bertz CT molecular complexity index is 176. The molecule has 0 aliphatic heterocycles. The highest BCUT2D eigenvalue weighted by molar-refractivity contribution is 8.00. The maximum absolute atomic E-state index is 10.6. The fraction of sp³-hybridized carbons (Fsp3) is 0.909. The van der Waals surface area contributed by atoms with Gasteiger partial charge in [-0.25, -0.2) is 0 Å². The van der Waals surface area contributed by atoms with Crippen molar-refractivity contribution in [3.05, 3.63) is 0 Å². The summed E-state index contributed by atoms with van der Waals surface area (Å²) in [5.74, 6) is -0.653. The van der Waals surface area contributed by atoms with Crippen molar-refractivity contribution in [1.29, 1.82) is 0 Å². The van der Waals surface area contributed by atoms with Gasteiger partial charge in [0.2, 0.25) is 0 Å². The third kappa shape index (κ3) is 4.36. The van der Waals surface area contributed by atoms with Crippen molar-refractivity contribution in [1.82, 2.24) is 0 Å². The Morgan fingerprint density at radius 2 is 2.07 bits per heavy atom. The molecule has 1 N–H and O–H groups in total. The summed E-state index contributed by atoms with van der Waals surface area (Å²) in [6.07, 6.45) is 7.93. The molecule has 1 rings (SSSR count). The molecule has 0 amide bonds. The third-order valence-corrected chi connectivity index (χ3v) is 4.54. The molecule has 3 heteroatoms. The molecular weight excluding hydrogens is 196 g/mol. The van der Waals surface area contributed by atoms with Crippen LogP contribution in [0.4, 0.5) is 0 Å². The largest absolute Gasteiger partial charge is 0.481 e. The number of hydrogen-bond acceptors (Lipinski definition) is 2. The summed E-state index contributed by atoms with van der Waals surface area (Å²) in [7, 11) is 0. The molecule has 0 aromatic carbocycles. The zero-order valence-electron chi connectivity index (χ0n) is 8.87. The van der Waals surface area contributed by atoms with Gasteiger partial charge in [0.1, 0.15) is 0 Å². The van der Waals surface area contributed by atoms with Crippen LogP contribution in [0.5, 0.6) is 0 Å². The van der Waals surface area contributed by atoms with E-state index in [-0.39, 0.29) is 0 Å². The lowest BCUT2D eigenvalue weighted by Gasteiger charge is -2.24. The molecule has 0 aromatic heterocycles. The van der Waals surface area contributed by atoms with Gasteiger partial charge in [-0.05, 0) is 19.3 Å². The fourth-order valence-corrected chi connectivity index (χ4v) is 3.54. The van der Waals surface area contributed by atoms with E-state index in [0.717, 1.165) is 11.7 Å². The van der Waals surface area contributed by atoms with E-state index < -0.39 is 5.97 Å². The topological polar surface area (TPSA) is 37.3 Å². The van der Waals surface area contributed by atoms with E-state index in [4.69, 9.17) is 5.11 Å². The molecule has 0 spiro atoms. The first kappa shape index (κ1) is 11.9. The molecule has 1 saturated carbocycles. The maximum Gasteiger partial charge on any atom is 0.304 e. The van der Waals surface area contributed by atoms with Crippen molar-refractivity contribution in [3.8, 4) is 0 Å². The zero-order valence-corrected chi connectivity index (χ0v) is 9.68. The van der Waals surface area contributed by atoms with E-state index in [0.29, 0.717) is 11.7 Å². The monoisotopic (exact) mass is 216 g/mol. The van der Waals surface area contributed by atoms with Crippen molar-refractivity contribution in [2.75, 3.05) is 0 Å². The Balaban J connectivity index is 2.27. The minimum absolute atomic E-state index is 0.329. The summed E-state index contributed by atoms with van der Waals surface area (Å²) < 4.78 is 0. The van der Waals surface area contributed by atoms with Crippen LogP contribution in [0.2, 0.25) is 0 Å². The summed E-state index contributed by atoms with van der Waals surface area (Å²) in [6, 6.07) is 0. The molecule has 1 aliphatic carbocycles. The molecule has 1 aliphatic rings. The molecule has 82 valence electrons. The summed E-state index contributed by atoms with van der Waals surface area (Å²) in [4.78, 5) is 10.6. The molecule has 0 radical (unpaired) electrons. The number of carbonyl (C=O) groups is 1. The average Bonchev–Trinajstić information content (AvgIpc) is 2.17. The number of hydrogen-bond donors (Lipinski definition) is 1. The second-order valence-corrected chi connectivity index (χ2v) is 5.63. The molecule has 1 atom stereocenters. The van der Waals surface area contributed by atoms with Crippen LogP contribution >= 0.6 is 11.8 Å². The Morgan fingerprint density at radius 1 is 1.43 bits per heavy atom. The van der Waals surface area contributed by atoms with E-state index in [1.807, 2.05) is 11.8 Å². The molecule has 0 bridgehead atoms. The quantitative estimate of drug-likeness (QED) is 0.766. The minimum Gasteiger partial charge on any atom is -0.481 e. The second-order valence-electron chi connectivity index (χ2n) is 4.02. The van der Waals surface area contributed by atoms with Gasteiger partial charge in [-0.15, -0.1) is 0 Å². The van der Waals surface area contributed by atoms with Crippen LogP contribution < -0.4 is 0 Å². The molecule has 0 aromatic rings. The van der Waals surface area contributed by atoms with E-state index in [1.54, 1.807) is 0 Å². The first-order valence-electron chi connectivity index (χ1n) is 5.59. The zero-order chi connectivity index (χ0) is 10.4. The molecule has 1 unspecified atom stereocenters.